The average molecular weight is 189 g/mol. The van der Waals surface area contributed by atoms with Crippen molar-refractivity contribution in [3.05, 3.63) is 0 Å². The van der Waals surface area contributed by atoms with Gasteiger partial charge in [0.2, 0.25) is 0 Å². The third kappa shape index (κ3) is 2.95. The van der Waals surface area contributed by atoms with E-state index in [9.17, 15) is 0 Å². The summed E-state index contributed by atoms with van der Waals surface area (Å²) < 4.78 is 0. The average Bonchev–Trinajstić information content (AvgIpc) is 1.98. The number of thiocarbonyl (C=S) groups is 1. The van der Waals surface area contributed by atoms with Gasteiger partial charge >= 0.3 is 0 Å². The van der Waals surface area contributed by atoms with Crippen LogP contribution in [0.1, 0.15) is 20.3 Å². The first-order valence-electron chi connectivity index (χ1n) is 4.27. The van der Waals surface area contributed by atoms with Crippen LogP contribution in [0.2, 0.25) is 0 Å². The van der Waals surface area contributed by atoms with Gasteiger partial charge in [0.05, 0.1) is 6.17 Å². The minimum Gasteiger partial charge on any atom is -0.376 e. The Kier molecular flexibility index (Phi) is 5.17. The van der Waals surface area contributed by atoms with E-state index in [0.717, 1.165) is 13.0 Å². The van der Waals surface area contributed by atoms with E-state index >= 15 is 0 Å². The number of nitrogens with zero attached hydrogens (tertiary/aromatic N) is 2. The molecule has 0 rings (SSSR count). The van der Waals surface area contributed by atoms with Crippen molar-refractivity contribution in [1.29, 1.82) is 0 Å². The summed E-state index contributed by atoms with van der Waals surface area (Å²) in [5.74, 6) is 0. The molecule has 0 spiro atoms. The molecule has 3 nitrogen and oxygen atoms in total. The van der Waals surface area contributed by atoms with E-state index in [0.29, 0.717) is 11.3 Å². The van der Waals surface area contributed by atoms with Crippen molar-refractivity contribution in [1.82, 2.24) is 9.80 Å². The number of hydrogen-bond donors (Lipinski definition) is 1. The molecule has 12 heavy (non-hydrogen) atoms. The molecule has 0 aromatic rings. The molecule has 0 saturated heterocycles. The van der Waals surface area contributed by atoms with Gasteiger partial charge in [-0.1, -0.05) is 6.92 Å². The van der Waals surface area contributed by atoms with E-state index in [1.807, 2.05) is 19.0 Å². The van der Waals surface area contributed by atoms with E-state index < -0.39 is 0 Å². The molecular weight excluding hydrogens is 170 g/mol. The lowest BCUT2D eigenvalue weighted by atomic mass is 10.3. The molecule has 0 aromatic carbocycles. The maximum Gasteiger partial charge on any atom is 0.167 e. The first-order valence-corrected chi connectivity index (χ1v) is 4.67. The molecule has 0 radical (unpaired) electrons. The van der Waals surface area contributed by atoms with Gasteiger partial charge in [0, 0.05) is 6.54 Å². The van der Waals surface area contributed by atoms with Crippen LogP contribution in [-0.2, 0) is 0 Å². The predicted molar refractivity (Wildman–Crippen MR) is 56.9 cm³/mol. The van der Waals surface area contributed by atoms with Crippen LogP contribution < -0.4 is 5.73 Å². The van der Waals surface area contributed by atoms with Gasteiger partial charge in [-0.2, -0.15) is 0 Å². The summed E-state index contributed by atoms with van der Waals surface area (Å²) in [6.07, 6.45) is 1.35. The van der Waals surface area contributed by atoms with Crippen LogP contribution in [0.3, 0.4) is 0 Å². The summed E-state index contributed by atoms with van der Waals surface area (Å²) in [6.45, 7) is 5.06. The van der Waals surface area contributed by atoms with Crippen LogP contribution >= 0.6 is 12.2 Å². The zero-order valence-electron chi connectivity index (χ0n) is 8.37. The van der Waals surface area contributed by atoms with Crippen LogP contribution in [0.15, 0.2) is 0 Å². The van der Waals surface area contributed by atoms with E-state index in [2.05, 4.69) is 18.7 Å². The number of rotatable bonds is 4. The van der Waals surface area contributed by atoms with Crippen molar-refractivity contribution < 1.29 is 0 Å². The zero-order chi connectivity index (χ0) is 9.72. The third-order valence-corrected chi connectivity index (χ3v) is 2.18. The maximum absolute atomic E-state index is 5.59. The van der Waals surface area contributed by atoms with Gasteiger partial charge in [-0.3, -0.25) is 4.90 Å². The summed E-state index contributed by atoms with van der Waals surface area (Å²) in [7, 11) is 4.07. The molecule has 0 aromatic heterocycles. The first kappa shape index (κ1) is 11.6. The van der Waals surface area contributed by atoms with Gasteiger partial charge < -0.3 is 10.6 Å². The Labute approximate surface area is 80.5 Å². The van der Waals surface area contributed by atoms with Crippen LogP contribution in [0.5, 0.6) is 0 Å². The summed E-state index contributed by atoms with van der Waals surface area (Å²) in [6, 6.07) is 0. The second kappa shape index (κ2) is 5.32. The smallest absolute Gasteiger partial charge is 0.167 e. The van der Waals surface area contributed by atoms with Crippen molar-refractivity contribution in [3.63, 3.8) is 0 Å². The number of hydrogen-bond acceptors (Lipinski definition) is 2. The minimum absolute atomic E-state index is 0.326. The van der Waals surface area contributed by atoms with Gasteiger partial charge in [-0.25, -0.2) is 0 Å². The summed E-state index contributed by atoms with van der Waals surface area (Å²) in [5.41, 5.74) is 5.59. The monoisotopic (exact) mass is 189 g/mol. The Morgan fingerprint density at radius 3 is 2.00 bits per heavy atom. The van der Waals surface area contributed by atoms with Crippen molar-refractivity contribution in [2.45, 2.75) is 26.4 Å². The summed E-state index contributed by atoms with van der Waals surface area (Å²) in [4.78, 5) is 4.15. The van der Waals surface area contributed by atoms with Crippen LogP contribution in [0, 0.1) is 0 Å². The SMILES string of the molecule is CCC(N(C)C)N(CC)C(N)=S. The van der Waals surface area contributed by atoms with E-state index in [1.54, 1.807) is 0 Å². The second-order valence-electron chi connectivity index (χ2n) is 2.98. The van der Waals surface area contributed by atoms with E-state index in [1.165, 1.54) is 0 Å². The Morgan fingerprint density at radius 2 is 1.92 bits per heavy atom. The number of nitrogens with two attached hydrogens (primary N) is 1. The molecule has 2 N–H and O–H groups in total. The Morgan fingerprint density at radius 1 is 1.42 bits per heavy atom. The molecule has 1 unspecified atom stereocenters. The topological polar surface area (TPSA) is 32.5 Å². The van der Waals surface area contributed by atoms with Gasteiger partial charge in [0.15, 0.2) is 5.11 Å². The van der Waals surface area contributed by atoms with E-state index in [4.69, 9.17) is 18.0 Å². The Bertz CT molecular complexity index is 147. The Balaban J connectivity index is 4.33. The van der Waals surface area contributed by atoms with Crippen LogP contribution in [0.4, 0.5) is 0 Å². The fourth-order valence-corrected chi connectivity index (χ4v) is 1.63. The van der Waals surface area contributed by atoms with Crippen molar-refractivity contribution in [2.24, 2.45) is 5.73 Å². The molecule has 0 bridgehead atoms. The fourth-order valence-electron chi connectivity index (χ4n) is 1.38. The molecule has 0 aliphatic heterocycles. The first-order chi connectivity index (χ1) is 5.54. The molecule has 0 aliphatic rings. The van der Waals surface area contributed by atoms with Gasteiger partial charge in [0.25, 0.3) is 0 Å². The van der Waals surface area contributed by atoms with Crippen LogP contribution in [-0.4, -0.2) is 41.7 Å². The highest BCUT2D eigenvalue weighted by Gasteiger charge is 2.17. The standard InChI is InChI=1S/C8H19N3S/c1-5-7(10(3)4)11(6-2)8(9)12/h7H,5-6H2,1-4H3,(H2,9,12). The van der Waals surface area contributed by atoms with Gasteiger partial charge in [-0.15, -0.1) is 0 Å². The largest absolute Gasteiger partial charge is 0.376 e. The van der Waals surface area contributed by atoms with Gasteiger partial charge in [0.1, 0.15) is 0 Å². The second-order valence-corrected chi connectivity index (χ2v) is 3.40. The Hall–Kier alpha value is -0.350. The fraction of sp³-hybridized carbons (Fsp3) is 0.875. The predicted octanol–water partition coefficient (Wildman–Crippen LogP) is 0.850. The highest BCUT2D eigenvalue weighted by atomic mass is 32.1. The van der Waals surface area contributed by atoms with Crippen molar-refractivity contribution in [2.75, 3.05) is 20.6 Å². The van der Waals surface area contributed by atoms with Crippen LogP contribution in [0.25, 0.3) is 0 Å². The normalized spacial score (nSPS) is 13.1. The summed E-state index contributed by atoms with van der Waals surface area (Å²) in [5, 5.41) is 0.484. The molecule has 4 heteroatoms. The molecule has 72 valence electrons. The highest BCUT2D eigenvalue weighted by molar-refractivity contribution is 7.80. The molecule has 1 atom stereocenters. The lowest BCUT2D eigenvalue weighted by Gasteiger charge is -2.35. The van der Waals surface area contributed by atoms with E-state index in [-0.39, 0.29) is 0 Å². The third-order valence-electron chi connectivity index (χ3n) is 1.94. The zero-order valence-corrected chi connectivity index (χ0v) is 9.19. The molecule has 0 heterocycles. The molecule has 0 amide bonds. The maximum atomic E-state index is 5.59. The summed E-state index contributed by atoms with van der Waals surface area (Å²) >= 11 is 4.95. The van der Waals surface area contributed by atoms with Crippen molar-refractivity contribution >= 4 is 17.3 Å². The highest BCUT2D eigenvalue weighted by Crippen LogP contribution is 2.05. The minimum atomic E-state index is 0.326. The molecular formula is C8H19N3S. The lowest BCUT2D eigenvalue weighted by molar-refractivity contribution is 0.145. The molecule has 0 aliphatic carbocycles. The lowest BCUT2D eigenvalue weighted by Crippen LogP contribution is -2.49. The quantitative estimate of drug-likeness (QED) is 0.525. The molecule has 0 saturated carbocycles. The van der Waals surface area contributed by atoms with Gasteiger partial charge in [-0.05, 0) is 39.7 Å². The molecule has 0 fully saturated rings. The van der Waals surface area contributed by atoms with Crippen molar-refractivity contribution in [3.8, 4) is 0 Å².